The van der Waals surface area contributed by atoms with Crippen molar-refractivity contribution in [2.45, 2.75) is 0 Å². The molecule has 0 unspecified atom stereocenters. The molecule has 0 aromatic heterocycles. The van der Waals surface area contributed by atoms with Gasteiger partial charge in [0.2, 0.25) is 0 Å². The Morgan fingerprint density at radius 3 is 3.18 bits per heavy atom. The second-order valence-corrected chi connectivity index (χ2v) is 2.25. The molecule has 0 heterocycles. The minimum atomic E-state index is 0.0246. The minimum Gasteiger partial charge on any atom is -0.478 e. The molecule has 0 spiro atoms. The maximum absolute atomic E-state index is 8.17. The first-order chi connectivity index (χ1) is 5.33. The Labute approximate surface area is 70.0 Å². The number of nitrogens with zero attached hydrogens (tertiary/aromatic N) is 1. The predicted octanol–water partition coefficient (Wildman–Crippen LogP) is 2.04. The van der Waals surface area contributed by atoms with Crippen molar-refractivity contribution in [3.8, 4) is 11.8 Å². The van der Waals surface area contributed by atoms with E-state index in [9.17, 15) is 0 Å². The molecule has 1 rings (SSSR count). The van der Waals surface area contributed by atoms with E-state index in [2.05, 4.69) is 6.07 Å². The molecule has 11 heavy (non-hydrogen) atoms. The zero-order valence-corrected chi connectivity index (χ0v) is 6.43. The molecule has 3 heteroatoms. The average molecular weight is 167 g/mol. The Hall–Kier alpha value is -1.20. The third-order valence-electron chi connectivity index (χ3n) is 1.03. The Bertz CT molecular complexity index is 280. The van der Waals surface area contributed by atoms with E-state index in [0.29, 0.717) is 10.8 Å². The molecule has 0 aliphatic carbocycles. The third-order valence-corrected chi connectivity index (χ3v) is 1.26. The maximum Gasteiger partial charge on any atom is 0.174 e. The summed E-state index contributed by atoms with van der Waals surface area (Å²) in [6.45, 7) is 0.0246. The van der Waals surface area contributed by atoms with Crippen LogP contribution < -0.4 is 4.74 Å². The number of hydrogen-bond acceptors (Lipinski definition) is 2. The molecule has 0 saturated heterocycles. The van der Waals surface area contributed by atoms with Gasteiger partial charge in [-0.2, -0.15) is 5.26 Å². The van der Waals surface area contributed by atoms with Gasteiger partial charge in [-0.25, -0.2) is 0 Å². The molecule has 0 fully saturated rings. The maximum atomic E-state index is 8.17. The van der Waals surface area contributed by atoms with Gasteiger partial charge in [0.05, 0.1) is 0 Å². The summed E-state index contributed by atoms with van der Waals surface area (Å²) in [5.41, 5.74) is 0. The van der Waals surface area contributed by atoms with E-state index in [0.717, 1.165) is 0 Å². The average Bonchev–Trinajstić information content (AvgIpc) is 2.01. The summed E-state index contributed by atoms with van der Waals surface area (Å²) in [4.78, 5) is 0. The van der Waals surface area contributed by atoms with Gasteiger partial charge in [-0.3, -0.25) is 0 Å². The highest BCUT2D eigenvalue weighted by Gasteiger charge is 1.92. The van der Waals surface area contributed by atoms with Gasteiger partial charge >= 0.3 is 0 Å². The van der Waals surface area contributed by atoms with E-state index in [1.54, 1.807) is 18.2 Å². The van der Waals surface area contributed by atoms with Crippen LogP contribution >= 0.6 is 11.6 Å². The third kappa shape index (κ3) is 2.48. The van der Waals surface area contributed by atoms with E-state index in [-0.39, 0.29) is 6.61 Å². The summed E-state index contributed by atoms with van der Waals surface area (Å²) < 4.78 is 4.93. The van der Waals surface area contributed by atoms with Gasteiger partial charge in [-0.05, 0) is 18.2 Å². The summed E-state index contributed by atoms with van der Waals surface area (Å²) in [6, 6.07) is 9.59. The lowest BCUT2D eigenvalue weighted by atomic mass is 10.3. The van der Waals surface area contributed by atoms with E-state index in [4.69, 9.17) is 21.6 Å². The lowest BCUT2D eigenvalue weighted by Crippen LogP contribution is -1.92. The topological polar surface area (TPSA) is 33.0 Å². The molecule has 55 valence electrons. The van der Waals surface area contributed by atoms with Crippen LogP contribution in [0.25, 0.3) is 0 Å². The fourth-order valence-electron chi connectivity index (χ4n) is 0.612. The van der Waals surface area contributed by atoms with Gasteiger partial charge in [0, 0.05) is 11.1 Å². The van der Waals surface area contributed by atoms with Gasteiger partial charge in [0.15, 0.2) is 6.61 Å². The number of benzene rings is 1. The Balaban J connectivity index is 2.65. The van der Waals surface area contributed by atoms with Gasteiger partial charge in [-0.1, -0.05) is 11.6 Å². The van der Waals surface area contributed by atoms with Crippen LogP contribution in [0.3, 0.4) is 0 Å². The van der Waals surface area contributed by atoms with Crippen LogP contribution in [-0.2, 0) is 0 Å². The van der Waals surface area contributed by atoms with Gasteiger partial charge < -0.3 is 4.74 Å². The zero-order chi connectivity index (χ0) is 8.10. The zero-order valence-electron chi connectivity index (χ0n) is 5.67. The van der Waals surface area contributed by atoms with Crippen LogP contribution in [0, 0.1) is 17.4 Å². The molecule has 2 nitrogen and oxygen atoms in total. The summed E-state index contributed by atoms with van der Waals surface area (Å²) >= 11 is 5.64. The summed E-state index contributed by atoms with van der Waals surface area (Å²) in [7, 11) is 0. The fourth-order valence-corrected chi connectivity index (χ4v) is 0.774. The molecule has 1 radical (unpaired) electrons. The first-order valence-corrected chi connectivity index (χ1v) is 3.37. The molecule has 0 aliphatic rings. The summed E-state index contributed by atoms with van der Waals surface area (Å²) in [5.74, 6) is 0.499. The van der Waals surface area contributed by atoms with Crippen LogP contribution in [0.5, 0.6) is 5.75 Å². The molecule has 0 N–H and O–H groups in total. The van der Waals surface area contributed by atoms with Crippen molar-refractivity contribution in [1.29, 1.82) is 5.26 Å². The SMILES string of the molecule is N#CCOc1[c]ccc(Cl)c1. The molecule has 0 aliphatic heterocycles. The van der Waals surface area contributed by atoms with Crippen LogP contribution in [0.15, 0.2) is 18.2 Å². The Morgan fingerprint density at radius 1 is 1.73 bits per heavy atom. The molecular weight excluding hydrogens is 162 g/mol. The van der Waals surface area contributed by atoms with Crippen molar-refractivity contribution < 1.29 is 4.74 Å². The fraction of sp³-hybridized carbons (Fsp3) is 0.125. The lowest BCUT2D eigenvalue weighted by molar-refractivity contribution is 0.367. The highest BCUT2D eigenvalue weighted by molar-refractivity contribution is 6.30. The molecule has 1 aromatic rings. The summed E-state index contributed by atoms with van der Waals surface area (Å²) in [5, 5.41) is 8.76. The second kappa shape index (κ2) is 3.85. The number of nitriles is 1. The first kappa shape index (κ1) is 7.90. The highest BCUT2D eigenvalue weighted by atomic mass is 35.5. The quantitative estimate of drug-likeness (QED) is 0.674. The lowest BCUT2D eigenvalue weighted by Gasteiger charge is -1.99. The monoisotopic (exact) mass is 166 g/mol. The molecule has 0 amide bonds. The van der Waals surface area contributed by atoms with Gasteiger partial charge in [0.25, 0.3) is 0 Å². The molecule has 1 aromatic carbocycles. The first-order valence-electron chi connectivity index (χ1n) is 3.00. The van der Waals surface area contributed by atoms with E-state index >= 15 is 0 Å². The van der Waals surface area contributed by atoms with Gasteiger partial charge in [-0.15, -0.1) is 0 Å². The van der Waals surface area contributed by atoms with Crippen molar-refractivity contribution in [3.63, 3.8) is 0 Å². The van der Waals surface area contributed by atoms with E-state index in [1.807, 2.05) is 6.07 Å². The molecule has 0 atom stereocenters. The molecule has 0 bridgehead atoms. The Kier molecular flexibility index (Phi) is 2.76. The van der Waals surface area contributed by atoms with Crippen LogP contribution in [-0.4, -0.2) is 6.61 Å². The van der Waals surface area contributed by atoms with E-state index in [1.165, 1.54) is 0 Å². The highest BCUT2D eigenvalue weighted by Crippen LogP contribution is 2.15. The van der Waals surface area contributed by atoms with Crippen LogP contribution in [0.4, 0.5) is 0 Å². The van der Waals surface area contributed by atoms with E-state index < -0.39 is 0 Å². The number of hydrogen-bond donors (Lipinski definition) is 0. The smallest absolute Gasteiger partial charge is 0.174 e. The number of halogens is 1. The van der Waals surface area contributed by atoms with Crippen molar-refractivity contribution in [2.24, 2.45) is 0 Å². The van der Waals surface area contributed by atoms with Gasteiger partial charge in [0.1, 0.15) is 11.8 Å². The van der Waals surface area contributed by atoms with Crippen molar-refractivity contribution >= 4 is 11.6 Å². The minimum absolute atomic E-state index is 0.0246. The second-order valence-electron chi connectivity index (χ2n) is 1.82. The predicted molar refractivity (Wildman–Crippen MR) is 41.4 cm³/mol. The normalized spacial score (nSPS) is 8.73. The standard InChI is InChI=1S/C8H5ClNO/c9-7-2-1-3-8(6-7)11-5-4-10/h1-2,6H,5H2. The number of rotatable bonds is 2. The Morgan fingerprint density at radius 2 is 2.55 bits per heavy atom. The van der Waals surface area contributed by atoms with Crippen molar-refractivity contribution in [2.75, 3.05) is 6.61 Å². The largest absolute Gasteiger partial charge is 0.478 e. The molecule has 0 saturated carbocycles. The van der Waals surface area contributed by atoms with Crippen LogP contribution in [0.1, 0.15) is 0 Å². The number of ether oxygens (including phenoxy) is 1. The summed E-state index contributed by atoms with van der Waals surface area (Å²) in [6.07, 6.45) is 0. The van der Waals surface area contributed by atoms with Crippen molar-refractivity contribution in [1.82, 2.24) is 0 Å². The van der Waals surface area contributed by atoms with Crippen molar-refractivity contribution in [3.05, 3.63) is 29.3 Å². The van der Waals surface area contributed by atoms with Crippen LogP contribution in [0.2, 0.25) is 5.02 Å². The molecular formula is C8H5ClNO.